The van der Waals surface area contributed by atoms with E-state index in [1.54, 1.807) is 0 Å². The van der Waals surface area contributed by atoms with E-state index < -0.39 is 5.41 Å². The van der Waals surface area contributed by atoms with Crippen molar-refractivity contribution in [2.45, 2.75) is 24.7 Å². The van der Waals surface area contributed by atoms with Crippen molar-refractivity contribution in [1.29, 1.82) is 0 Å². The van der Waals surface area contributed by atoms with Gasteiger partial charge in [0, 0.05) is 22.1 Å². The normalized spacial score (nSPS) is 14.0. The van der Waals surface area contributed by atoms with Gasteiger partial charge in [0.1, 0.15) is 0 Å². The highest BCUT2D eigenvalue weighted by Crippen LogP contribution is 2.63. The summed E-state index contributed by atoms with van der Waals surface area (Å²) in [6.45, 7) is 4.73. The highest BCUT2D eigenvalue weighted by molar-refractivity contribution is 5.95. The fraction of sp³-hybridized carbons (Fsp3) is 0.0727. The lowest BCUT2D eigenvalue weighted by molar-refractivity contribution is 0.563. The van der Waals surface area contributed by atoms with Crippen molar-refractivity contribution in [2.75, 3.05) is 0 Å². The van der Waals surface area contributed by atoms with E-state index in [0.717, 1.165) is 27.8 Å². The van der Waals surface area contributed by atoms with Gasteiger partial charge in [-0.05, 0) is 66.8 Å². The quantitative estimate of drug-likeness (QED) is 0.176. The monoisotopic (exact) mass is 741 g/mol. The van der Waals surface area contributed by atoms with Crippen molar-refractivity contribution in [3.63, 3.8) is 0 Å². The van der Waals surface area contributed by atoms with Gasteiger partial charge in [-0.25, -0.2) is 15.0 Å². The summed E-state index contributed by atoms with van der Waals surface area (Å²) in [6, 6.07) is 71.9. The third-order valence-corrected chi connectivity index (χ3v) is 12.5. The molecular formula is C55H39N3. The average Bonchev–Trinajstić information content (AvgIpc) is 3.60. The minimum absolute atomic E-state index is 0.169. The zero-order chi connectivity index (χ0) is 38.8. The summed E-state index contributed by atoms with van der Waals surface area (Å²) in [5.41, 5.74) is 17.1. The largest absolute Gasteiger partial charge is 0.208 e. The van der Waals surface area contributed by atoms with Crippen molar-refractivity contribution in [1.82, 2.24) is 15.0 Å². The van der Waals surface area contributed by atoms with Gasteiger partial charge in [-0.15, -0.1) is 0 Å². The molecule has 3 heteroatoms. The Bertz CT molecular complexity index is 2850. The maximum atomic E-state index is 5.34. The zero-order valence-corrected chi connectivity index (χ0v) is 32.4. The highest BCUT2D eigenvalue weighted by atomic mass is 15.0. The van der Waals surface area contributed by atoms with Crippen LogP contribution < -0.4 is 0 Å². The first-order chi connectivity index (χ1) is 28.5. The number of aromatic nitrogens is 3. The van der Waals surface area contributed by atoms with Crippen molar-refractivity contribution in [2.24, 2.45) is 0 Å². The first-order valence-corrected chi connectivity index (χ1v) is 20.0. The van der Waals surface area contributed by atoms with Crippen LogP contribution in [0.1, 0.15) is 47.2 Å². The Kier molecular flexibility index (Phi) is 7.74. The predicted octanol–water partition coefficient (Wildman–Crippen LogP) is 13.2. The Labute approximate surface area is 339 Å². The second-order valence-corrected chi connectivity index (χ2v) is 15.9. The summed E-state index contributed by atoms with van der Waals surface area (Å²) < 4.78 is 0. The van der Waals surface area contributed by atoms with Crippen LogP contribution in [0.4, 0.5) is 0 Å². The van der Waals surface area contributed by atoms with Crippen LogP contribution in [-0.2, 0) is 10.8 Å². The molecule has 0 saturated heterocycles. The standard InChI is InChI=1S/C55H39N3/c1-54(2)45-23-11-13-25-47(45)55(48-26-14-12-24-46(48)54)44-22-10-9-20-42(44)50-43(21-15-27-49(50)55)53-57-51(40-32-28-38(29-33-40)36-16-5-3-6-17-36)56-52(58-53)41-34-30-39(31-35-41)37-18-7-4-8-19-37/h3-35H,1-2H3. The van der Waals surface area contributed by atoms with E-state index in [2.05, 4.69) is 202 Å². The van der Waals surface area contributed by atoms with Gasteiger partial charge in [0.05, 0.1) is 5.41 Å². The summed E-state index contributed by atoms with van der Waals surface area (Å²) in [4.78, 5) is 15.9. The fourth-order valence-corrected chi connectivity index (χ4v) is 9.73. The number of benzene rings is 8. The van der Waals surface area contributed by atoms with Crippen LogP contribution in [-0.4, -0.2) is 15.0 Å². The molecule has 274 valence electrons. The summed E-state index contributed by atoms with van der Waals surface area (Å²) in [5, 5.41) is 0. The van der Waals surface area contributed by atoms with Crippen molar-refractivity contribution < 1.29 is 0 Å². The Morgan fingerprint density at radius 1 is 0.276 bits per heavy atom. The number of fused-ring (bicyclic) bond motifs is 9. The molecule has 1 aromatic heterocycles. The molecule has 9 aromatic rings. The molecule has 0 N–H and O–H groups in total. The molecule has 11 rings (SSSR count). The Morgan fingerprint density at radius 2 is 0.638 bits per heavy atom. The molecule has 0 radical (unpaired) electrons. The summed E-state index contributed by atoms with van der Waals surface area (Å²) in [6.07, 6.45) is 0. The molecule has 1 heterocycles. The van der Waals surface area contributed by atoms with Crippen molar-refractivity contribution >= 4 is 0 Å². The van der Waals surface area contributed by atoms with Crippen LogP contribution in [0.5, 0.6) is 0 Å². The minimum atomic E-state index is -0.510. The lowest BCUT2D eigenvalue weighted by Crippen LogP contribution is -2.40. The maximum absolute atomic E-state index is 5.34. The van der Waals surface area contributed by atoms with Gasteiger partial charge in [-0.2, -0.15) is 0 Å². The molecule has 0 fully saturated rings. The van der Waals surface area contributed by atoms with Crippen molar-refractivity contribution in [3.05, 3.63) is 234 Å². The molecule has 0 aliphatic heterocycles. The van der Waals surface area contributed by atoms with Crippen LogP contribution >= 0.6 is 0 Å². The van der Waals surface area contributed by atoms with Crippen LogP contribution in [0, 0.1) is 0 Å². The van der Waals surface area contributed by atoms with E-state index >= 15 is 0 Å². The van der Waals surface area contributed by atoms with Gasteiger partial charge in [-0.3, -0.25) is 0 Å². The number of rotatable bonds is 5. The third-order valence-electron chi connectivity index (χ3n) is 12.5. The molecule has 2 aliphatic rings. The van der Waals surface area contributed by atoms with Gasteiger partial charge in [-0.1, -0.05) is 214 Å². The molecule has 2 aliphatic carbocycles. The molecule has 3 nitrogen and oxygen atoms in total. The van der Waals surface area contributed by atoms with Crippen molar-refractivity contribution in [3.8, 4) is 67.5 Å². The number of hydrogen-bond donors (Lipinski definition) is 0. The zero-order valence-electron chi connectivity index (χ0n) is 32.4. The molecule has 0 bridgehead atoms. The summed E-state index contributed by atoms with van der Waals surface area (Å²) >= 11 is 0. The molecule has 58 heavy (non-hydrogen) atoms. The van der Waals surface area contributed by atoms with E-state index in [1.165, 1.54) is 55.6 Å². The minimum Gasteiger partial charge on any atom is -0.208 e. The third kappa shape index (κ3) is 5.10. The Hall–Kier alpha value is -7.23. The molecule has 1 spiro atoms. The lowest BCUT2D eigenvalue weighted by Gasteiger charge is -2.46. The van der Waals surface area contributed by atoms with Crippen LogP contribution in [0.3, 0.4) is 0 Å². The number of hydrogen-bond acceptors (Lipinski definition) is 3. The molecule has 0 unspecified atom stereocenters. The average molecular weight is 742 g/mol. The van der Waals surface area contributed by atoms with E-state index in [4.69, 9.17) is 15.0 Å². The van der Waals surface area contributed by atoms with Gasteiger partial charge >= 0.3 is 0 Å². The van der Waals surface area contributed by atoms with Crippen LogP contribution in [0.2, 0.25) is 0 Å². The second-order valence-electron chi connectivity index (χ2n) is 15.9. The summed E-state index contributed by atoms with van der Waals surface area (Å²) in [7, 11) is 0. The van der Waals surface area contributed by atoms with Crippen LogP contribution in [0.15, 0.2) is 200 Å². The predicted molar refractivity (Wildman–Crippen MR) is 236 cm³/mol. The van der Waals surface area contributed by atoms with Gasteiger partial charge in [0.25, 0.3) is 0 Å². The Balaban J connectivity index is 1.14. The van der Waals surface area contributed by atoms with Gasteiger partial charge in [0.2, 0.25) is 0 Å². The van der Waals surface area contributed by atoms with E-state index in [1.807, 2.05) is 12.1 Å². The highest BCUT2D eigenvalue weighted by Gasteiger charge is 2.53. The van der Waals surface area contributed by atoms with E-state index in [9.17, 15) is 0 Å². The maximum Gasteiger partial charge on any atom is 0.164 e. The molecular weight excluding hydrogens is 703 g/mol. The Morgan fingerprint density at radius 3 is 1.16 bits per heavy atom. The first-order valence-electron chi connectivity index (χ1n) is 20.0. The van der Waals surface area contributed by atoms with Gasteiger partial charge < -0.3 is 0 Å². The number of nitrogens with zero attached hydrogens (tertiary/aromatic N) is 3. The van der Waals surface area contributed by atoms with E-state index in [-0.39, 0.29) is 5.41 Å². The molecule has 8 aromatic carbocycles. The molecule has 0 amide bonds. The first kappa shape index (κ1) is 34.1. The van der Waals surface area contributed by atoms with E-state index in [0.29, 0.717) is 17.5 Å². The topological polar surface area (TPSA) is 38.7 Å². The van der Waals surface area contributed by atoms with Crippen LogP contribution in [0.25, 0.3) is 67.5 Å². The summed E-state index contributed by atoms with van der Waals surface area (Å²) in [5.74, 6) is 1.93. The lowest BCUT2D eigenvalue weighted by atomic mass is 9.55. The molecule has 0 atom stereocenters. The van der Waals surface area contributed by atoms with Gasteiger partial charge in [0.15, 0.2) is 17.5 Å². The SMILES string of the molecule is CC1(C)c2ccccc2C2(c3ccccc3-c3c(-c4nc(-c5ccc(-c6ccccc6)cc5)nc(-c5ccc(-c6ccccc6)cc5)n4)cccc32)c2ccccc21. The smallest absolute Gasteiger partial charge is 0.164 e. The molecule has 0 saturated carbocycles. The fourth-order valence-electron chi connectivity index (χ4n) is 9.73. The second kappa shape index (κ2) is 13.2.